The van der Waals surface area contributed by atoms with Crippen LogP contribution in [0, 0.1) is 18.3 Å². The third-order valence-electron chi connectivity index (χ3n) is 5.54. The highest BCUT2D eigenvalue weighted by atomic mass is 35.5. The van der Waals surface area contributed by atoms with E-state index in [1.165, 1.54) is 23.1 Å². The van der Waals surface area contributed by atoms with Gasteiger partial charge in [0, 0.05) is 32.5 Å². The minimum atomic E-state index is -0.538. The van der Waals surface area contributed by atoms with Gasteiger partial charge in [-0.15, -0.1) is 11.3 Å². The summed E-state index contributed by atoms with van der Waals surface area (Å²) in [6.07, 6.45) is 0. The number of thiophene rings is 1. The van der Waals surface area contributed by atoms with E-state index in [0.29, 0.717) is 38.3 Å². The molecule has 0 spiro atoms. The number of rotatable bonds is 7. The molecule has 0 radical (unpaired) electrons. The van der Waals surface area contributed by atoms with Crippen molar-refractivity contribution in [1.82, 2.24) is 5.32 Å². The Morgan fingerprint density at radius 1 is 1.08 bits per heavy atom. The van der Waals surface area contributed by atoms with Crippen molar-refractivity contribution in [2.75, 3.05) is 16.4 Å². The van der Waals surface area contributed by atoms with Crippen LogP contribution in [-0.4, -0.2) is 17.6 Å². The molecule has 6 nitrogen and oxygen atoms in total. The molecule has 1 aromatic heterocycles. The Hall–Kier alpha value is -3.51. The first-order valence-corrected chi connectivity index (χ1v) is 13.3. The molecule has 2 amide bonds. The maximum atomic E-state index is 13.4. The first kappa shape index (κ1) is 25.6. The molecule has 0 fully saturated rings. The largest absolute Gasteiger partial charge is 0.353 e. The molecule has 0 bridgehead atoms. The first-order chi connectivity index (χ1) is 17.4. The number of hydrogen-bond donors (Lipinski definition) is 3. The molecule has 182 valence electrons. The molecule has 4 rings (SSSR count). The Labute approximate surface area is 223 Å². The zero-order valence-corrected chi connectivity index (χ0v) is 22.0. The molecule has 1 aliphatic rings. The van der Waals surface area contributed by atoms with Gasteiger partial charge in [-0.25, -0.2) is 0 Å². The summed E-state index contributed by atoms with van der Waals surface area (Å²) in [7, 11) is 0. The number of halogens is 1. The van der Waals surface area contributed by atoms with E-state index in [-0.39, 0.29) is 17.6 Å². The fourth-order valence-corrected chi connectivity index (χ4v) is 5.70. The number of benzene rings is 2. The molecule has 2 heterocycles. The number of anilines is 2. The van der Waals surface area contributed by atoms with Gasteiger partial charge in [0.2, 0.25) is 5.91 Å². The summed E-state index contributed by atoms with van der Waals surface area (Å²) in [4.78, 5) is 26.9. The van der Waals surface area contributed by atoms with Crippen molar-refractivity contribution in [3.8, 4) is 6.07 Å². The lowest BCUT2D eigenvalue weighted by molar-refractivity contribution is -0.114. The van der Waals surface area contributed by atoms with E-state index in [9.17, 15) is 14.9 Å². The van der Waals surface area contributed by atoms with Gasteiger partial charge < -0.3 is 16.0 Å². The molecular formula is C27H23ClN4O2S2. The van der Waals surface area contributed by atoms with Crippen LogP contribution in [0.4, 0.5) is 11.4 Å². The maximum absolute atomic E-state index is 13.4. The second-order valence-corrected chi connectivity index (χ2v) is 10.5. The third-order valence-corrected chi connectivity index (χ3v) is 7.92. The van der Waals surface area contributed by atoms with E-state index in [1.807, 2.05) is 61.7 Å². The molecule has 9 heteroatoms. The van der Waals surface area contributed by atoms with E-state index < -0.39 is 5.92 Å². The van der Waals surface area contributed by atoms with Crippen molar-refractivity contribution >= 4 is 57.9 Å². The maximum Gasteiger partial charge on any atom is 0.254 e. The number of thioether (sulfide) groups is 1. The molecule has 1 atom stereocenters. The number of nitriles is 1. The monoisotopic (exact) mass is 534 g/mol. The number of allylic oxidation sites excluding steroid dienone is 2. The van der Waals surface area contributed by atoms with Gasteiger partial charge in [-0.3, -0.25) is 9.59 Å². The fraction of sp³-hybridized carbons (Fsp3) is 0.148. The Morgan fingerprint density at radius 2 is 1.86 bits per heavy atom. The topological polar surface area (TPSA) is 94.0 Å². The van der Waals surface area contributed by atoms with Crippen LogP contribution >= 0.6 is 34.7 Å². The van der Waals surface area contributed by atoms with Crippen LogP contribution in [0.15, 0.2) is 87.9 Å². The molecular weight excluding hydrogens is 512 g/mol. The van der Waals surface area contributed by atoms with Crippen molar-refractivity contribution in [3.05, 3.63) is 103 Å². The first-order valence-electron chi connectivity index (χ1n) is 11.1. The highest BCUT2D eigenvalue weighted by molar-refractivity contribution is 8.03. The average Bonchev–Trinajstić information content (AvgIpc) is 3.40. The third kappa shape index (κ3) is 5.82. The molecule has 0 saturated heterocycles. The smallest absolute Gasteiger partial charge is 0.254 e. The van der Waals surface area contributed by atoms with Gasteiger partial charge >= 0.3 is 0 Å². The van der Waals surface area contributed by atoms with Gasteiger partial charge in [0.15, 0.2) is 0 Å². The van der Waals surface area contributed by atoms with Crippen molar-refractivity contribution in [1.29, 1.82) is 5.26 Å². The van der Waals surface area contributed by atoms with E-state index >= 15 is 0 Å². The SMILES string of the molecule is CC1=C(C(=O)Nc2ccccc2)C(c2cccs2)C(C#N)=C(SCC(=O)Nc2ccc(Cl)c(C)c2)N1. The number of hydrogen-bond acceptors (Lipinski definition) is 6. The standard InChI is InChI=1S/C27H23ClN4O2S2/c1-16-13-19(10-11-21(16)28)31-23(33)15-36-27-20(14-29)25(22-9-6-12-35-22)24(17(2)30-27)26(34)32-18-7-4-3-5-8-18/h3-13,25,30H,15H2,1-2H3,(H,31,33)(H,32,34). The van der Waals surface area contributed by atoms with Gasteiger partial charge in [-0.05, 0) is 61.2 Å². The van der Waals surface area contributed by atoms with Gasteiger partial charge in [0.05, 0.1) is 28.3 Å². The van der Waals surface area contributed by atoms with Crippen molar-refractivity contribution < 1.29 is 9.59 Å². The number of nitrogens with one attached hydrogen (secondary N) is 3. The summed E-state index contributed by atoms with van der Waals surface area (Å²) in [6.45, 7) is 3.68. The van der Waals surface area contributed by atoms with E-state index in [1.54, 1.807) is 18.2 Å². The Morgan fingerprint density at radius 3 is 2.53 bits per heavy atom. The van der Waals surface area contributed by atoms with Gasteiger partial charge in [0.25, 0.3) is 5.91 Å². The Bertz CT molecular complexity index is 1390. The molecule has 36 heavy (non-hydrogen) atoms. The number of carbonyl (C=O) groups is 2. The van der Waals surface area contributed by atoms with E-state index in [2.05, 4.69) is 22.0 Å². The van der Waals surface area contributed by atoms with Crippen LogP contribution < -0.4 is 16.0 Å². The van der Waals surface area contributed by atoms with Crippen LogP contribution in [0.1, 0.15) is 23.3 Å². The predicted octanol–water partition coefficient (Wildman–Crippen LogP) is 6.42. The minimum Gasteiger partial charge on any atom is -0.353 e. The van der Waals surface area contributed by atoms with Crippen LogP contribution in [0.2, 0.25) is 5.02 Å². The number of amides is 2. The second-order valence-electron chi connectivity index (χ2n) is 8.09. The average molecular weight is 535 g/mol. The zero-order valence-electron chi connectivity index (χ0n) is 19.6. The van der Waals surface area contributed by atoms with Crippen molar-refractivity contribution in [3.63, 3.8) is 0 Å². The van der Waals surface area contributed by atoms with Gasteiger partial charge in [-0.2, -0.15) is 5.26 Å². The fourth-order valence-electron chi connectivity index (χ4n) is 3.84. The summed E-state index contributed by atoms with van der Waals surface area (Å²) in [5.41, 5.74) is 3.71. The second kappa shape index (κ2) is 11.5. The summed E-state index contributed by atoms with van der Waals surface area (Å²) in [5.74, 6) is -0.942. The van der Waals surface area contributed by atoms with Crippen LogP contribution in [-0.2, 0) is 9.59 Å². The number of aryl methyl sites for hydroxylation is 1. The number of para-hydroxylation sites is 1. The Kier molecular flexibility index (Phi) is 8.16. The zero-order chi connectivity index (χ0) is 25.7. The van der Waals surface area contributed by atoms with Crippen LogP contribution in [0.25, 0.3) is 0 Å². The van der Waals surface area contributed by atoms with Crippen molar-refractivity contribution in [2.45, 2.75) is 19.8 Å². The van der Waals surface area contributed by atoms with Crippen LogP contribution in [0.5, 0.6) is 0 Å². The molecule has 1 aliphatic heterocycles. The summed E-state index contributed by atoms with van der Waals surface area (Å²) in [6, 6.07) is 20.6. The lowest BCUT2D eigenvalue weighted by atomic mass is 9.86. The molecule has 3 N–H and O–H groups in total. The summed E-state index contributed by atoms with van der Waals surface area (Å²) in [5, 5.41) is 22.3. The normalized spacial score (nSPS) is 15.2. The number of nitrogens with zero attached hydrogens (tertiary/aromatic N) is 1. The number of dihydropyridines is 1. The minimum absolute atomic E-state index is 0.0885. The summed E-state index contributed by atoms with van der Waals surface area (Å²) < 4.78 is 0. The Balaban J connectivity index is 1.57. The predicted molar refractivity (Wildman–Crippen MR) is 148 cm³/mol. The van der Waals surface area contributed by atoms with E-state index in [4.69, 9.17) is 11.6 Å². The molecule has 0 aliphatic carbocycles. The van der Waals surface area contributed by atoms with Crippen molar-refractivity contribution in [2.24, 2.45) is 0 Å². The quantitative estimate of drug-likeness (QED) is 0.325. The molecule has 1 unspecified atom stereocenters. The van der Waals surface area contributed by atoms with E-state index in [0.717, 1.165) is 10.4 Å². The highest BCUT2D eigenvalue weighted by Crippen LogP contribution is 2.42. The van der Waals surface area contributed by atoms with Gasteiger partial charge in [0.1, 0.15) is 0 Å². The highest BCUT2D eigenvalue weighted by Gasteiger charge is 2.35. The lowest BCUT2D eigenvalue weighted by Gasteiger charge is -2.29. The molecule has 0 saturated carbocycles. The van der Waals surface area contributed by atoms with Gasteiger partial charge in [-0.1, -0.05) is 47.6 Å². The molecule has 2 aromatic carbocycles. The number of carbonyl (C=O) groups excluding carboxylic acids is 2. The lowest BCUT2D eigenvalue weighted by Crippen LogP contribution is -2.30. The molecule has 3 aromatic rings. The summed E-state index contributed by atoms with van der Waals surface area (Å²) >= 11 is 8.78. The van der Waals surface area contributed by atoms with Crippen LogP contribution in [0.3, 0.4) is 0 Å².